The predicted molar refractivity (Wildman–Crippen MR) is 100 cm³/mol. The fraction of sp³-hybridized carbons (Fsp3) is 0.333. The first-order valence-corrected chi connectivity index (χ1v) is 8.56. The van der Waals surface area contributed by atoms with E-state index in [2.05, 4.69) is 43.5 Å². The number of benzene rings is 2. The second-order valence-corrected chi connectivity index (χ2v) is 6.60. The summed E-state index contributed by atoms with van der Waals surface area (Å²) < 4.78 is 0. The first kappa shape index (κ1) is 18.7. The summed E-state index contributed by atoms with van der Waals surface area (Å²) in [6.07, 6.45) is 0.253. The van der Waals surface area contributed by atoms with Crippen molar-refractivity contribution in [2.75, 3.05) is 0 Å². The summed E-state index contributed by atoms with van der Waals surface area (Å²) in [7, 11) is 0. The van der Waals surface area contributed by atoms with Crippen molar-refractivity contribution >= 4 is 11.8 Å². The Balaban J connectivity index is 1.85. The maximum atomic E-state index is 12.2. The quantitative estimate of drug-likeness (QED) is 0.848. The molecule has 0 radical (unpaired) electrons. The first-order chi connectivity index (χ1) is 11.9. The van der Waals surface area contributed by atoms with Gasteiger partial charge in [0.1, 0.15) is 0 Å². The Bertz CT molecular complexity index is 731. The number of aryl methyl sites for hydroxylation is 3. The zero-order valence-electron chi connectivity index (χ0n) is 15.3. The highest BCUT2D eigenvalue weighted by Gasteiger charge is 2.13. The first-order valence-electron chi connectivity index (χ1n) is 8.56. The van der Waals surface area contributed by atoms with Crippen molar-refractivity contribution in [2.45, 2.75) is 46.7 Å². The molecule has 0 fully saturated rings. The van der Waals surface area contributed by atoms with Crippen molar-refractivity contribution in [1.29, 1.82) is 0 Å². The van der Waals surface area contributed by atoms with E-state index in [4.69, 9.17) is 0 Å². The van der Waals surface area contributed by atoms with Crippen LogP contribution in [0.15, 0.2) is 42.5 Å². The van der Waals surface area contributed by atoms with E-state index in [1.54, 1.807) is 12.1 Å². The zero-order valence-corrected chi connectivity index (χ0v) is 15.3. The summed E-state index contributed by atoms with van der Waals surface area (Å²) >= 11 is 0. The fourth-order valence-corrected chi connectivity index (χ4v) is 2.97. The van der Waals surface area contributed by atoms with Gasteiger partial charge in [0.15, 0.2) is 0 Å². The zero-order chi connectivity index (χ0) is 18.4. The second kappa shape index (κ2) is 8.47. The molecule has 0 saturated carbocycles. The van der Waals surface area contributed by atoms with E-state index in [0.717, 1.165) is 5.56 Å². The van der Waals surface area contributed by atoms with Crippen LogP contribution in [0.2, 0.25) is 0 Å². The average Bonchev–Trinajstić information content (AvgIpc) is 2.54. The molecule has 0 heterocycles. The average molecular weight is 338 g/mol. The van der Waals surface area contributed by atoms with Gasteiger partial charge < -0.3 is 10.6 Å². The minimum atomic E-state index is -0.229. The van der Waals surface area contributed by atoms with Crippen molar-refractivity contribution in [3.63, 3.8) is 0 Å². The molecule has 1 unspecified atom stereocenters. The van der Waals surface area contributed by atoms with Gasteiger partial charge in [-0.05, 0) is 56.5 Å². The SMILES string of the molecule is Cc1cc(C)c(CNC(=O)CC(C)NC(=O)c2ccccc2)c(C)c1. The van der Waals surface area contributed by atoms with E-state index >= 15 is 0 Å². The molecule has 132 valence electrons. The Morgan fingerprint density at radius 1 is 1.00 bits per heavy atom. The van der Waals surface area contributed by atoms with Crippen LogP contribution in [0.4, 0.5) is 0 Å². The largest absolute Gasteiger partial charge is 0.352 e. The summed E-state index contributed by atoms with van der Waals surface area (Å²) in [5, 5.41) is 5.81. The molecule has 1 atom stereocenters. The van der Waals surface area contributed by atoms with Crippen LogP contribution in [0.1, 0.15) is 46.0 Å². The molecule has 4 nitrogen and oxygen atoms in total. The van der Waals surface area contributed by atoms with Crippen molar-refractivity contribution in [3.8, 4) is 0 Å². The number of amides is 2. The molecule has 2 aromatic carbocycles. The maximum Gasteiger partial charge on any atom is 0.251 e. The number of hydrogen-bond donors (Lipinski definition) is 2. The van der Waals surface area contributed by atoms with Crippen LogP contribution in [0.5, 0.6) is 0 Å². The van der Waals surface area contributed by atoms with E-state index in [0.29, 0.717) is 12.1 Å². The minimum Gasteiger partial charge on any atom is -0.352 e. The third-order valence-electron chi connectivity index (χ3n) is 4.21. The van der Waals surface area contributed by atoms with Gasteiger partial charge >= 0.3 is 0 Å². The highest BCUT2D eigenvalue weighted by Crippen LogP contribution is 2.16. The lowest BCUT2D eigenvalue weighted by molar-refractivity contribution is -0.121. The lowest BCUT2D eigenvalue weighted by atomic mass is 10.00. The van der Waals surface area contributed by atoms with Crippen LogP contribution in [0.3, 0.4) is 0 Å². The molecule has 0 saturated heterocycles. The standard InChI is InChI=1S/C21H26N2O2/c1-14-10-15(2)19(16(3)11-14)13-22-20(24)12-17(4)23-21(25)18-8-6-5-7-9-18/h5-11,17H,12-13H2,1-4H3,(H,22,24)(H,23,25). The molecule has 4 heteroatoms. The topological polar surface area (TPSA) is 58.2 Å². The molecule has 2 N–H and O–H groups in total. The molecule has 0 spiro atoms. The molecule has 0 aromatic heterocycles. The Morgan fingerprint density at radius 3 is 2.20 bits per heavy atom. The van der Waals surface area contributed by atoms with Crippen LogP contribution < -0.4 is 10.6 Å². The van der Waals surface area contributed by atoms with Gasteiger partial charge in [0.2, 0.25) is 5.91 Å². The molecular weight excluding hydrogens is 312 g/mol. The Morgan fingerprint density at radius 2 is 1.60 bits per heavy atom. The molecule has 2 amide bonds. The third kappa shape index (κ3) is 5.45. The van der Waals surface area contributed by atoms with E-state index in [9.17, 15) is 9.59 Å². The van der Waals surface area contributed by atoms with E-state index in [-0.39, 0.29) is 24.3 Å². The van der Waals surface area contributed by atoms with Gasteiger partial charge in [0.05, 0.1) is 0 Å². The highest BCUT2D eigenvalue weighted by atomic mass is 16.2. The minimum absolute atomic E-state index is 0.0692. The summed E-state index contributed by atoms with van der Waals surface area (Å²) in [5.74, 6) is -0.230. The van der Waals surface area contributed by atoms with Crippen LogP contribution in [-0.2, 0) is 11.3 Å². The normalized spacial score (nSPS) is 11.7. The lowest BCUT2D eigenvalue weighted by Gasteiger charge is -2.15. The molecular formula is C21H26N2O2. The third-order valence-corrected chi connectivity index (χ3v) is 4.21. The molecule has 2 rings (SSSR count). The predicted octanol–water partition coefficient (Wildman–Crippen LogP) is 3.44. The fourth-order valence-electron chi connectivity index (χ4n) is 2.97. The molecule has 2 aromatic rings. The summed E-state index contributed by atoms with van der Waals surface area (Å²) in [5.41, 5.74) is 5.34. The van der Waals surface area contributed by atoms with Crippen molar-refractivity contribution in [3.05, 3.63) is 70.3 Å². The molecule has 0 bridgehead atoms. The monoisotopic (exact) mass is 338 g/mol. The van der Waals surface area contributed by atoms with E-state index < -0.39 is 0 Å². The van der Waals surface area contributed by atoms with Crippen LogP contribution in [-0.4, -0.2) is 17.9 Å². The Kier molecular flexibility index (Phi) is 6.34. The van der Waals surface area contributed by atoms with E-state index in [1.807, 2.05) is 25.1 Å². The van der Waals surface area contributed by atoms with Crippen molar-refractivity contribution in [1.82, 2.24) is 10.6 Å². The molecule has 0 aliphatic rings. The maximum absolute atomic E-state index is 12.2. The van der Waals surface area contributed by atoms with E-state index in [1.165, 1.54) is 16.7 Å². The summed E-state index contributed by atoms with van der Waals surface area (Å²) in [4.78, 5) is 24.3. The van der Waals surface area contributed by atoms with Gasteiger partial charge in [0.25, 0.3) is 5.91 Å². The smallest absolute Gasteiger partial charge is 0.251 e. The van der Waals surface area contributed by atoms with Crippen LogP contribution in [0.25, 0.3) is 0 Å². The van der Waals surface area contributed by atoms with Gasteiger partial charge in [-0.15, -0.1) is 0 Å². The molecule has 0 aliphatic carbocycles. The Hall–Kier alpha value is -2.62. The number of carbonyl (C=O) groups excluding carboxylic acids is 2. The molecule has 0 aliphatic heterocycles. The highest BCUT2D eigenvalue weighted by molar-refractivity contribution is 5.94. The van der Waals surface area contributed by atoms with Crippen LogP contribution in [0, 0.1) is 20.8 Å². The van der Waals surface area contributed by atoms with Crippen LogP contribution >= 0.6 is 0 Å². The van der Waals surface area contributed by atoms with Gasteiger partial charge in [-0.1, -0.05) is 35.9 Å². The Labute approximate surface area is 149 Å². The van der Waals surface area contributed by atoms with Gasteiger partial charge in [-0.3, -0.25) is 9.59 Å². The number of rotatable bonds is 6. The second-order valence-electron chi connectivity index (χ2n) is 6.60. The van der Waals surface area contributed by atoms with Crippen molar-refractivity contribution < 1.29 is 9.59 Å². The number of nitrogens with one attached hydrogen (secondary N) is 2. The number of hydrogen-bond acceptors (Lipinski definition) is 2. The lowest BCUT2D eigenvalue weighted by Crippen LogP contribution is -2.37. The summed E-state index contributed by atoms with van der Waals surface area (Å²) in [6.45, 7) is 8.53. The molecule has 25 heavy (non-hydrogen) atoms. The summed E-state index contributed by atoms with van der Waals surface area (Å²) in [6, 6.07) is 13.0. The van der Waals surface area contributed by atoms with Gasteiger partial charge in [0, 0.05) is 24.6 Å². The van der Waals surface area contributed by atoms with Gasteiger partial charge in [-0.25, -0.2) is 0 Å². The van der Waals surface area contributed by atoms with Gasteiger partial charge in [-0.2, -0.15) is 0 Å². The van der Waals surface area contributed by atoms with Crippen molar-refractivity contribution in [2.24, 2.45) is 0 Å². The number of carbonyl (C=O) groups is 2.